The zero-order chi connectivity index (χ0) is 10.1. The highest BCUT2D eigenvalue weighted by Gasteiger charge is 2.03. The number of hydrogen-bond acceptors (Lipinski definition) is 2. The van der Waals surface area contributed by atoms with Crippen molar-refractivity contribution in [1.29, 1.82) is 0 Å². The van der Waals surface area contributed by atoms with Crippen LogP contribution in [0.3, 0.4) is 0 Å². The third-order valence-electron chi connectivity index (χ3n) is 1.93. The first-order valence-electron chi connectivity index (χ1n) is 4.03. The second-order valence-electron chi connectivity index (χ2n) is 2.83. The molecule has 0 aliphatic heterocycles. The topological polar surface area (TPSA) is 30.2 Å². The summed E-state index contributed by atoms with van der Waals surface area (Å²) in [4.78, 5) is 4.25. The molecule has 0 saturated carbocycles. The van der Waals surface area contributed by atoms with Crippen LogP contribution < -0.4 is 0 Å². The summed E-state index contributed by atoms with van der Waals surface area (Å²) in [5, 5.41) is 4.13. The van der Waals surface area contributed by atoms with Gasteiger partial charge in [-0.2, -0.15) is 5.10 Å². The van der Waals surface area contributed by atoms with Gasteiger partial charge in [-0.05, 0) is 21.5 Å². The van der Waals surface area contributed by atoms with E-state index < -0.39 is 0 Å². The second kappa shape index (κ2) is 3.38. The van der Waals surface area contributed by atoms with Crippen LogP contribution in [0.1, 0.15) is 5.56 Å². The molecule has 0 N–H and O–H groups in total. The average Bonchev–Trinajstić information content (AvgIpc) is 2.59. The molecule has 14 heavy (non-hydrogen) atoms. The lowest BCUT2D eigenvalue weighted by Crippen LogP contribution is -1.92. The second-order valence-corrected chi connectivity index (χ2v) is 3.69. The predicted octanol–water partition coefficient (Wildman–Crippen LogP) is 2.69. The van der Waals surface area contributed by atoms with Crippen LogP contribution in [0.2, 0.25) is 0 Å². The number of halogens is 1. The van der Waals surface area contributed by atoms with Crippen molar-refractivity contribution in [3.8, 4) is 0 Å². The Morgan fingerprint density at radius 1 is 1.50 bits per heavy atom. The highest BCUT2D eigenvalue weighted by atomic mass is 79.9. The maximum atomic E-state index is 4.25. The van der Waals surface area contributed by atoms with Gasteiger partial charge in [0.15, 0.2) is 5.65 Å². The number of fused-ring (bicyclic) bond motifs is 1. The van der Waals surface area contributed by atoms with Crippen LogP contribution in [0.15, 0.2) is 42.3 Å². The molecular formula is C10H8BrN3. The quantitative estimate of drug-likeness (QED) is 0.767. The molecule has 0 atom stereocenters. The van der Waals surface area contributed by atoms with Gasteiger partial charge >= 0.3 is 0 Å². The summed E-state index contributed by atoms with van der Waals surface area (Å²) in [6.45, 7) is 7.50. The largest absolute Gasteiger partial charge is 0.235 e. The van der Waals surface area contributed by atoms with Crippen LogP contribution in [0.25, 0.3) is 11.2 Å². The maximum Gasteiger partial charge on any atom is 0.169 e. The Bertz CT molecular complexity index is 513. The van der Waals surface area contributed by atoms with E-state index in [0.717, 1.165) is 21.3 Å². The van der Waals surface area contributed by atoms with E-state index in [-0.39, 0.29) is 0 Å². The van der Waals surface area contributed by atoms with Crippen molar-refractivity contribution in [1.82, 2.24) is 14.6 Å². The van der Waals surface area contributed by atoms with Crippen LogP contribution in [0, 0.1) is 0 Å². The van der Waals surface area contributed by atoms with Gasteiger partial charge in [0.05, 0.1) is 10.7 Å². The van der Waals surface area contributed by atoms with E-state index in [9.17, 15) is 0 Å². The van der Waals surface area contributed by atoms with Crippen molar-refractivity contribution in [2.45, 2.75) is 0 Å². The molecule has 0 aliphatic carbocycles. The molecular weight excluding hydrogens is 242 g/mol. The van der Waals surface area contributed by atoms with Crippen LogP contribution in [0.5, 0.6) is 0 Å². The minimum absolute atomic E-state index is 0.797. The Kier molecular flexibility index (Phi) is 2.21. The Labute approximate surface area is 89.9 Å². The van der Waals surface area contributed by atoms with Gasteiger partial charge in [0.1, 0.15) is 0 Å². The van der Waals surface area contributed by atoms with Crippen molar-refractivity contribution < 1.29 is 0 Å². The average molecular weight is 250 g/mol. The van der Waals surface area contributed by atoms with Gasteiger partial charge in [0.25, 0.3) is 0 Å². The molecule has 0 aliphatic rings. The number of rotatable bonds is 2. The summed E-state index contributed by atoms with van der Waals surface area (Å²) in [6, 6.07) is 0. The van der Waals surface area contributed by atoms with E-state index >= 15 is 0 Å². The van der Waals surface area contributed by atoms with Crippen LogP contribution in [0.4, 0.5) is 0 Å². The Balaban J connectivity index is 2.62. The molecule has 70 valence electrons. The van der Waals surface area contributed by atoms with Gasteiger partial charge in [0.2, 0.25) is 0 Å². The van der Waals surface area contributed by atoms with Gasteiger partial charge in [-0.1, -0.05) is 19.2 Å². The molecule has 0 amide bonds. The lowest BCUT2D eigenvalue weighted by atomic mass is 10.2. The molecule has 0 spiro atoms. The van der Waals surface area contributed by atoms with E-state index in [1.807, 2.05) is 6.20 Å². The summed E-state index contributed by atoms with van der Waals surface area (Å²) >= 11 is 3.36. The first-order valence-corrected chi connectivity index (χ1v) is 4.82. The summed E-state index contributed by atoms with van der Waals surface area (Å²) < 4.78 is 2.59. The third kappa shape index (κ3) is 1.37. The normalized spacial score (nSPS) is 10.4. The summed E-state index contributed by atoms with van der Waals surface area (Å²) in [5.74, 6) is 0. The predicted molar refractivity (Wildman–Crippen MR) is 59.9 cm³/mol. The lowest BCUT2D eigenvalue weighted by molar-refractivity contribution is 0.935. The Morgan fingerprint density at radius 3 is 3.00 bits per heavy atom. The van der Waals surface area contributed by atoms with Crippen molar-refractivity contribution in [2.24, 2.45) is 0 Å². The minimum Gasteiger partial charge on any atom is -0.235 e. The van der Waals surface area contributed by atoms with E-state index in [0.29, 0.717) is 0 Å². The molecule has 3 nitrogen and oxygen atoms in total. The Hall–Kier alpha value is -1.42. The maximum absolute atomic E-state index is 4.25. The van der Waals surface area contributed by atoms with Gasteiger partial charge in [-0.15, -0.1) is 0 Å². The monoisotopic (exact) mass is 249 g/mol. The van der Waals surface area contributed by atoms with Gasteiger partial charge in [-0.3, -0.25) is 0 Å². The SMILES string of the molecule is C=CC(=C)c1cnc2c(Br)cnn2c1. The van der Waals surface area contributed by atoms with Crippen LogP contribution in [-0.2, 0) is 0 Å². The molecule has 0 aromatic carbocycles. The van der Waals surface area contributed by atoms with E-state index in [2.05, 4.69) is 39.2 Å². The summed E-state index contributed by atoms with van der Waals surface area (Å²) in [7, 11) is 0. The lowest BCUT2D eigenvalue weighted by Gasteiger charge is -1.99. The molecule has 2 heterocycles. The van der Waals surface area contributed by atoms with E-state index in [4.69, 9.17) is 0 Å². The van der Waals surface area contributed by atoms with Gasteiger partial charge in [0, 0.05) is 18.0 Å². The van der Waals surface area contributed by atoms with E-state index in [1.165, 1.54) is 0 Å². The summed E-state index contributed by atoms with van der Waals surface area (Å²) in [6.07, 6.45) is 7.03. The van der Waals surface area contributed by atoms with Crippen molar-refractivity contribution >= 4 is 27.2 Å². The summed E-state index contributed by atoms with van der Waals surface area (Å²) in [5.41, 5.74) is 2.56. The molecule has 0 unspecified atom stereocenters. The molecule has 2 aromatic rings. The molecule has 0 saturated heterocycles. The molecule has 0 fully saturated rings. The van der Waals surface area contributed by atoms with Gasteiger partial charge in [-0.25, -0.2) is 9.50 Å². The third-order valence-corrected chi connectivity index (χ3v) is 2.49. The number of hydrogen-bond donors (Lipinski definition) is 0. The highest BCUT2D eigenvalue weighted by Crippen LogP contribution is 2.17. The zero-order valence-electron chi connectivity index (χ0n) is 7.44. The van der Waals surface area contributed by atoms with Gasteiger partial charge < -0.3 is 0 Å². The first-order chi connectivity index (χ1) is 6.72. The highest BCUT2D eigenvalue weighted by molar-refractivity contribution is 9.10. The Morgan fingerprint density at radius 2 is 2.29 bits per heavy atom. The zero-order valence-corrected chi connectivity index (χ0v) is 9.03. The first kappa shape index (κ1) is 9.15. The minimum atomic E-state index is 0.797. The van der Waals surface area contributed by atoms with Crippen molar-refractivity contribution in [3.05, 3.63) is 47.9 Å². The fourth-order valence-corrected chi connectivity index (χ4v) is 1.51. The van der Waals surface area contributed by atoms with E-state index in [1.54, 1.807) is 23.0 Å². The number of allylic oxidation sites excluding steroid dienone is 2. The standard InChI is InChI=1S/C10H8BrN3/c1-3-7(2)8-4-12-10-9(11)5-13-14(10)6-8/h3-6H,1-2H2. The smallest absolute Gasteiger partial charge is 0.169 e. The fraction of sp³-hybridized carbons (Fsp3) is 0. The number of nitrogens with zero attached hydrogens (tertiary/aromatic N) is 3. The molecule has 2 rings (SSSR count). The van der Waals surface area contributed by atoms with Crippen molar-refractivity contribution in [2.75, 3.05) is 0 Å². The van der Waals surface area contributed by atoms with Crippen molar-refractivity contribution in [3.63, 3.8) is 0 Å². The molecule has 0 bridgehead atoms. The fourth-order valence-electron chi connectivity index (χ4n) is 1.13. The molecule has 0 radical (unpaired) electrons. The van der Waals surface area contributed by atoms with Crippen LogP contribution in [-0.4, -0.2) is 14.6 Å². The molecule has 4 heteroatoms. The molecule has 2 aromatic heterocycles. The van der Waals surface area contributed by atoms with Crippen LogP contribution >= 0.6 is 15.9 Å². The number of aromatic nitrogens is 3.